The fourth-order valence-electron chi connectivity index (χ4n) is 3.04. The molecule has 0 saturated carbocycles. The maximum absolute atomic E-state index is 11.5. The van der Waals surface area contributed by atoms with Crippen molar-refractivity contribution in [2.75, 3.05) is 20.8 Å². The number of carbonyl (C=O) groups is 1. The molecule has 0 aliphatic carbocycles. The first kappa shape index (κ1) is 14.7. The van der Waals surface area contributed by atoms with Gasteiger partial charge in [0.1, 0.15) is 17.5 Å². The summed E-state index contributed by atoms with van der Waals surface area (Å²) >= 11 is 0. The summed E-state index contributed by atoms with van der Waals surface area (Å²) in [5.41, 5.74) is 6.56. The Morgan fingerprint density at radius 3 is 2.75 bits per heavy atom. The molecule has 1 heterocycles. The molecule has 5 heteroatoms. The standard InChI is InChI=1S/C15H22N2O3/c1-10(15(16)18)17-8-4-5-13(17)12-9-11(19-2)6-7-14(12)20-3/h6-7,9-10,13H,4-5,8H2,1-3H3,(H2,16,18)/p+1/t10-,13-/m0/s1. The van der Waals surface area contributed by atoms with Gasteiger partial charge in [-0.2, -0.15) is 0 Å². The van der Waals surface area contributed by atoms with E-state index >= 15 is 0 Å². The zero-order chi connectivity index (χ0) is 14.7. The Morgan fingerprint density at radius 2 is 2.15 bits per heavy atom. The van der Waals surface area contributed by atoms with Gasteiger partial charge < -0.3 is 20.1 Å². The quantitative estimate of drug-likeness (QED) is 0.814. The van der Waals surface area contributed by atoms with Crippen molar-refractivity contribution in [3.8, 4) is 11.5 Å². The van der Waals surface area contributed by atoms with Crippen LogP contribution in [-0.4, -0.2) is 32.7 Å². The molecule has 110 valence electrons. The molecule has 1 fully saturated rings. The van der Waals surface area contributed by atoms with Crippen LogP contribution in [0.2, 0.25) is 0 Å². The summed E-state index contributed by atoms with van der Waals surface area (Å²) in [5, 5.41) is 0. The van der Waals surface area contributed by atoms with Gasteiger partial charge in [0.2, 0.25) is 0 Å². The largest absolute Gasteiger partial charge is 0.497 e. The van der Waals surface area contributed by atoms with Gasteiger partial charge >= 0.3 is 0 Å². The number of carbonyl (C=O) groups excluding carboxylic acids is 1. The van der Waals surface area contributed by atoms with Gasteiger partial charge in [0, 0.05) is 12.8 Å². The summed E-state index contributed by atoms with van der Waals surface area (Å²) in [5.74, 6) is 1.39. The molecule has 20 heavy (non-hydrogen) atoms. The lowest BCUT2D eigenvalue weighted by Crippen LogP contribution is -3.15. The van der Waals surface area contributed by atoms with Crippen molar-refractivity contribution >= 4 is 5.91 Å². The lowest BCUT2D eigenvalue weighted by Gasteiger charge is -2.27. The molecule has 1 aromatic carbocycles. The van der Waals surface area contributed by atoms with Crippen LogP contribution >= 0.6 is 0 Å². The van der Waals surface area contributed by atoms with Gasteiger partial charge in [0.15, 0.2) is 6.04 Å². The highest BCUT2D eigenvalue weighted by Gasteiger charge is 2.37. The third-order valence-corrected chi connectivity index (χ3v) is 4.20. The number of quaternary nitrogens is 1. The van der Waals surface area contributed by atoms with E-state index < -0.39 is 0 Å². The van der Waals surface area contributed by atoms with E-state index in [9.17, 15) is 4.79 Å². The second-order valence-electron chi connectivity index (χ2n) is 5.25. The Morgan fingerprint density at radius 1 is 1.40 bits per heavy atom. The molecule has 3 N–H and O–H groups in total. The smallest absolute Gasteiger partial charge is 0.275 e. The number of nitrogens with two attached hydrogens (primary N) is 1. The lowest BCUT2D eigenvalue weighted by molar-refractivity contribution is -0.932. The highest BCUT2D eigenvalue weighted by atomic mass is 16.5. The molecule has 1 aliphatic rings. The minimum atomic E-state index is -0.256. The second-order valence-corrected chi connectivity index (χ2v) is 5.25. The molecule has 1 saturated heterocycles. The number of amides is 1. The number of ether oxygens (including phenoxy) is 2. The maximum atomic E-state index is 11.5. The van der Waals surface area contributed by atoms with Crippen molar-refractivity contribution in [3.05, 3.63) is 23.8 Å². The molecule has 1 amide bonds. The normalized spacial score (nSPS) is 23.4. The van der Waals surface area contributed by atoms with Gasteiger partial charge in [-0.3, -0.25) is 4.79 Å². The van der Waals surface area contributed by atoms with Crippen molar-refractivity contribution in [1.82, 2.24) is 0 Å². The van der Waals surface area contributed by atoms with Gasteiger partial charge in [0.05, 0.1) is 26.3 Å². The number of hydrogen-bond donors (Lipinski definition) is 2. The average Bonchev–Trinajstić information content (AvgIpc) is 2.94. The summed E-state index contributed by atoms with van der Waals surface area (Å²) in [6.45, 7) is 2.85. The molecule has 3 atom stereocenters. The van der Waals surface area contributed by atoms with Crippen molar-refractivity contribution in [2.45, 2.75) is 31.8 Å². The number of methoxy groups -OCH3 is 2. The molecule has 1 unspecified atom stereocenters. The third kappa shape index (κ3) is 2.72. The molecule has 2 rings (SSSR count). The van der Waals surface area contributed by atoms with Crippen molar-refractivity contribution < 1.29 is 19.2 Å². The predicted molar refractivity (Wildman–Crippen MR) is 76.0 cm³/mol. The number of hydrogen-bond acceptors (Lipinski definition) is 3. The highest BCUT2D eigenvalue weighted by Crippen LogP contribution is 2.31. The zero-order valence-corrected chi connectivity index (χ0v) is 12.3. The number of nitrogens with one attached hydrogen (secondary N) is 1. The molecule has 5 nitrogen and oxygen atoms in total. The summed E-state index contributed by atoms with van der Waals surface area (Å²) < 4.78 is 10.8. The van der Waals surface area contributed by atoms with Crippen LogP contribution < -0.4 is 20.1 Å². The fraction of sp³-hybridized carbons (Fsp3) is 0.533. The number of rotatable bonds is 5. The van der Waals surface area contributed by atoms with Gasteiger partial charge in [0.25, 0.3) is 5.91 Å². The summed E-state index contributed by atoms with van der Waals surface area (Å²) in [6, 6.07) is 5.83. The van der Waals surface area contributed by atoms with E-state index in [-0.39, 0.29) is 18.0 Å². The van der Waals surface area contributed by atoms with Crippen LogP contribution in [0.4, 0.5) is 0 Å². The van der Waals surface area contributed by atoms with Crippen LogP contribution in [0.3, 0.4) is 0 Å². The first-order chi connectivity index (χ1) is 9.58. The van der Waals surface area contributed by atoms with E-state index in [1.54, 1.807) is 14.2 Å². The van der Waals surface area contributed by atoms with Crippen LogP contribution in [-0.2, 0) is 4.79 Å². The first-order valence-corrected chi connectivity index (χ1v) is 6.95. The van der Waals surface area contributed by atoms with E-state index in [0.29, 0.717) is 0 Å². The van der Waals surface area contributed by atoms with Crippen LogP contribution in [0.1, 0.15) is 31.4 Å². The predicted octanol–water partition coefficient (Wildman–Crippen LogP) is 0.297. The topological polar surface area (TPSA) is 66.0 Å². The minimum Gasteiger partial charge on any atom is -0.497 e. The third-order valence-electron chi connectivity index (χ3n) is 4.20. The Balaban J connectivity index is 2.35. The Bertz CT molecular complexity index is 490. The Kier molecular flexibility index (Phi) is 4.49. The lowest BCUT2D eigenvalue weighted by atomic mass is 10.0. The molecule has 1 aromatic rings. The molecule has 0 bridgehead atoms. The van der Waals surface area contributed by atoms with Crippen LogP contribution in [0, 0.1) is 0 Å². The molecule has 1 aliphatic heterocycles. The molecule has 0 spiro atoms. The van der Waals surface area contributed by atoms with E-state index in [2.05, 4.69) is 0 Å². The summed E-state index contributed by atoms with van der Waals surface area (Å²) in [4.78, 5) is 12.7. The Labute approximate surface area is 119 Å². The van der Waals surface area contributed by atoms with E-state index in [1.807, 2.05) is 25.1 Å². The van der Waals surface area contributed by atoms with Gasteiger partial charge in [-0.25, -0.2) is 0 Å². The zero-order valence-electron chi connectivity index (χ0n) is 12.3. The van der Waals surface area contributed by atoms with Crippen LogP contribution in [0.25, 0.3) is 0 Å². The number of likely N-dealkylation sites (tertiary alicyclic amines) is 1. The van der Waals surface area contributed by atoms with Crippen molar-refractivity contribution in [3.63, 3.8) is 0 Å². The Hall–Kier alpha value is -1.75. The van der Waals surface area contributed by atoms with Gasteiger partial charge in [-0.05, 0) is 25.1 Å². The summed E-state index contributed by atoms with van der Waals surface area (Å²) in [6.07, 6.45) is 2.11. The number of primary amides is 1. The van der Waals surface area contributed by atoms with Crippen molar-refractivity contribution in [1.29, 1.82) is 0 Å². The van der Waals surface area contributed by atoms with E-state index in [4.69, 9.17) is 15.2 Å². The van der Waals surface area contributed by atoms with Crippen LogP contribution in [0.5, 0.6) is 11.5 Å². The second kappa shape index (κ2) is 6.13. The SMILES string of the molecule is COc1ccc(OC)c([C@@H]2CCC[NH+]2[C@@H](C)C(N)=O)c1. The minimum absolute atomic E-state index is 0.196. The number of benzene rings is 1. The van der Waals surface area contributed by atoms with Gasteiger partial charge in [-0.15, -0.1) is 0 Å². The van der Waals surface area contributed by atoms with E-state index in [0.717, 1.165) is 36.4 Å². The van der Waals surface area contributed by atoms with Gasteiger partial charge in [-0.1, -0.05) is 0 Å². The molecular formula is C15H23N2O3+. The fourth-order valence-corrected chi connectivity index (χ4v) is 3.04. The highest BCUT2D eigenvalue weighted by molar-refractivity contribution is 5.77. The first-order valence-electron chi connectivity index (χ1n) is 6.95. The van der Waals surface area contributed by atoms with Crippen LogP contribution in [0.15, 0.2) is 18.2 Å². The van der Waals surface area contributed by atoms with E-state index in [1.165, 1.54) is 4.90 Å². The van der Waals surface area contributed by atoms with Crippen molar-refractivity contribution in [2.24, 2.45) is 5.73 Å². The maximum Gasteiger partial charge on any atom is 0.275 e. The molecular weight excluding hydrogens is 256 g/mol. The average molecular weight is 279 g/mol. The molecule has 0 aromatic heterocycles. The monoisotopic (exact) mass is 279 g/mol. The summed E-state index contributed by atoms with van der Waals surface area (Å²) in [7, 11) is 3.31. The molecule has 0 radical (unpaired) electrons.